The highest BCUT2D eigenvalue weighted by Gasteiger charge is 2.33. The van der Waals surface area contributed by atoms with Crippen LogP contribution in [-0.2, 0) is 16.0 Å². The zero-order valence-corrected chi connectivity index (χ0v) is 19.6. The van der Waals surface area contributed by atoms with Crippen molar-refractivity contribution in [2.75, 3.05) is 6.54 Å². The van der Waals surface area contributed by atoms with Gasteiger partial charge in [0.05, 0.1) is 23.6 Å². The van der Waals surface area contributed by atoms with E-state index in [1.165, 1.54) is 12.8 Å². The molecule has 5 rings (SSSR count). The molecule has 2 fully saturated rings. The van der Waals surface area contributed by atoms with Gasteiger partial charge >= 0.3 is 11.6 Å². The highest BCUT2D eigenvalue weighted by Crippen LogP contribution is 2.33. The van der Waals surface area contributed by atoms with Gasteiger partial charge < -0.3 is 10.6 Å². The maximum absolute atomic E-state index is 13.2. The molecule has 1 saturated carbocycles. The van der Waals surface area contributed by atoms with E-state index in [0.717, 1.165) is 55.7 Å². The Kier molecular flexibility index (Phi) is 6.51. The van der Waals surface area contributed by atoms with E-state index in [0.29, 0.717) is 18.0 Å². The van der Waals surface area contributed by atoms with Crippen LogP contribution >= 0.6 is 0 Å². The van der Waals surface area contributed by atoms with E-state index in [-0.39, 0.29) is 23.8 Å². The van der Waals surface area contributed by atoms with Crippen LogP contribution in [0.2, 0.25) is 0 Å². The van der Waals surface area contributed by atoms with Crippen LogP contribution in [0.15, 0.2) is 35.2 Å². The molecule has 1 unspecified atom stereocenters. The number of carbonyl (C=O) groups excluding carboxylic acids is 2. The monoisotopic (exact) mass is 462 g/mol. The molecule has 178 valence electrons. The molecule has 3 aliphatic rings. The van der Waals surface area contributed by atoms with Gasteiger partial charge in [-0.05, 0) is 42.4 Å². The van der Waals surface area contributed by atoms with Crippen LogP contribution in [0.4, 0.5) is 0 Å². The van der Waals surface area contributed by atoms with Crippen LogP contribution in [0.1, 0.15) is 69.3 Å². The third-order valence-corrected chi connectivity index (χ3v) is 7.14. The number of hydrogen-bond acceptors (Lipinski definition) is 5. The van der Waals surface area contributed by atoms with Crippen LogP contribution in [0.25, 0.3) is 5.65 Å². The van der Waals surface area contributed by atoms with Gasteiger partial charge in [-0.2, -0.15) is 5.10 Å². The summed E-state index contributed by atoms with van der Waals surface area (Å²) < 4.78 is 3.38. The second-order valence-corrected chi connectivity index (χ2v) is 9.40. The van der Waals surface area contributed by atoms with Crippen LogP contribution in [0, 0.1) is 11.8 Å². The summed E-state index contributed by atoms with van der Waals surface area (Å²) >= 11 is 0. The Bertz CT molecular complexity index is 1170. The first-order valence-corrected chi connectivity index (χ1v) is 12.4. The Morgan fingerprint density at radius 1 is 1.26 bits per heavy atom. The fourth-order valence-electron chi connectivity index (χ4n) is 5.28. The molecular formula is C25H32N7O2+. The maximum atomic E-state index is 13.2. The molecule has 2 amide bonds. The molecule has 2 aliphatic heterocycles. The van der Waals surface area contributed by atoms with Gasteiger partial charge in [0.25, 0.3) is 0 Å². The van der Waals surface area contributed by atoms with Crippen LogP contribution in [0.3, 0.4) is 0 Å². The summed E-state index contributed by atoms with van der Waals surface area (Å²) in [7, 11) is 0. The van der Waals surface area contributed by atoms with Crippen molar-refractivity contribution in [2.45, 2.75) is 64.3 Å². The highest BCUT2D eigenvalue weighted by molar-refractivity contribution is 5.96. The predicted octanol–water partition coefficient (Wildman–Crippen LogP) is 2.52. The molecule has 2 aromatic rings. The molecule has 1 aliphatic carbocycles. The topological polar surface area (TPSA) is 104 Å². The minimum Gasteiger partial charge on any atom is -0.356 e. The van der Waals surface area contributed by atoms with Crippen molar-refractivity contribution in [1.29, 1.82) is 0 Å². The van der Waals surface area contributed by atoms with Crippen LogP contribution < -0.4 is 10.6 Å². The highest BCUT2D eigenvalue weighted by atomic mass is 16.2. The first-order chi connectivity index (χ1) is 16.6. The van der Waals surface area contributed by atoms with E-state index in [2.05, 4.69) is 15.7 Å². The molecule has 0 aromatic carbocycles. The number of imidazole rings is 1. The maximum Gasteiger partial charge on any atom is 0.319 e. The number of hydrazone groups is 1. The molecule has 1 saturated heterocycles. The summed E-state index contributed by atoms with van der Waals surface area (Å²) in [6.45, 7) is 2.59. The quantitative estimate of drug-likeness (QED) is 0.508. The lowest BCUT2D eigenvalue weighted by Crippen LogP contribution is -2.36. The number of hydrogen-bond donors (Lipinski definition) is 2. The van der Waals surface area contributed by atoms with Crippen molar-refractivity contribution in [1.82, 2.24) is 25.2 Å². The SMILES string of the molecule is C/C=[N+]1/N=CC=C1C(=O)N[C@H](c1cn2nc(CC3CCNC3=O)ccc2n1)C1CCCCCC1. The summed E-state index contributed by atoms with van der Waals surface area (Å²) in [6.07, 6.45) is 15.5. The lowest BCUT2D eigenvalue weighted by Gasteiger charge is -2.25. The lowest BCUT2D eigenvalue weighted by molar-refractivity contribution is -0.467. The Hall–Kier alpha value is -3.36. The van der Waals surface area contributed by atoms with E-state index in [1.807, 2.05) is 25.3 Å². The Labute approximate surface area is 199 Å². The number of nitrogens with one attached hydrogen (secondary N) is 2. The normalized spacial score (nSPS) is 23.2. The number of amides is 2. The number of rotatable bonds is 6. The van der Waals surface area contributed by atoms with Crippen LogP contribution in [0.5, 0.6) is 0 Å². The van der Waals surface area contributed by atoms with E-state index in [4.69, 9.17) is 10.1 Å². The first-order valence-electron chi connectivity index (χ1n) is 12.4. The standard InChI is InChI=1S/C25H31N7O2/c1-2-31-21(12-14-27-31)25(34)29-23(17-7-5-3-4-6-8-17)20-16-32-22(28-20)10-9-19(30-32)15-18-11-13-26-24(18)33/h2,9-10,12,14,16-18,23H,3-8,11,13,15H2,1H3,(H-,26,29,33,34)/p+1/b31-2+/t18?,23-/m0/s1. The Morgan fingerprint density at radius 3 is 2.82 bits per heavy atom. The van der Waals surface area contributed by atoms with Crippen molar-refractivity contribution < 1.29 is 14.3 Å². The number of carbonyl (C=O) groups is 2. The third kappa shape index (κ3) is 4.64. The summed E-state index contributed by atoms with van der Waals surface area (Å²) in [5.41, 5.74) is 2.96. The van der Waals surface area contributed by atoms with Crippen molar-refractivity contribution in [3.8, 4) is 0 Å². The average molecular weight is 463 g/mol. The minimum atomic E-state index is -0.198. The van der Waals surface area contributed by atoms with Gasteiger partial charge in [-0.25, -0.2) is 9.50 Å². The van der Waals surface area contributed by atoms with Crippen molar-refractivity contribution in [2.24, 2.45) is 16.9 Å². The summed E-state index contributed by atoms with van der Waals surface area (Å²) in [5.74, 6) is 0.252. The van der Waals surface area contributed by atoms with E-state index >= 15 is 0 Å². The van der Waals surface area contributed by atoms with Gasteiger partial charge in [-0.1, -0.05) is 30.4 Å². The van der Waals surface area contributed by atoms with Crippen LogP contribution in [-0.4, -0.2) is 50.1 Å². The van der Waals surface area contributed by atoms with E-state index in [9.17, 15) is 9.59 Å². The smallest absolute Gasteiger partial charge is 0.319 e. The zero-order chi connectivity index (χ0) is 23.5. The van der Waals surface area contributed by atoms with Gasteiger partial charge in [-0.3, -0.25) is 9.59 Å². The molecule has 9 heteroatoms. The van der Waals surface area contributed by atoms with Gasteiger partial charge in [0.2, 0.25) is 5.91 Å². The Balaban J connectivity index is 1.42. The van der Waals surface area contributed by atoms with Gasteiger partial charge in [0.15, 0.2) is 11.9 Å². The van der Waals surface area contributed by atoms with Gasteiger partial charge in [0, 0.05) is 31.9 Å². The van der Waals surface area contributed by atoms with Gasteiger partial charge in [-0.15, -0.1) is 0 Å². The molecule has 34 heavy (non-hydrogen) atoms. The minimum absolute atomic E-state index is 0.0220. The number of nitrogens with zero attached hydrogens (tertiary/aromatic N) is 5. The number of aromatic nitrogens is 3. The largest absolute Gasteiger partial charge is 0.356 e. The Morgan fingerprint density at radius 2 is 2.09 bits per heavy atom. The fourth-order valence-corrected chi connectivity index (χ4v) is 5.28. The molecule has 4 heterocycles. The molecule has 0 bridgehead atoms. The summed E-state index contributed by atoms with van der Waals surface area (Å²) in [5, 5.41) is 15.1. The molecule has 0 radical (unpaired) electrons. The van der Waals surface area contributed by atoms with Crippen molar-refractivity contribution >= 4 is 29.9 Å². The second-order valence-electron chi connectivity index (χ2n) is 9.40. The number of fused-ring (bicyclic) bond motifs is 1. The fraction of sp³-hybridized carbons (Fsp3) is 0.520. The molecule has 2 atom stereocenters. The van der Waals surface area contributed by atoms with Crippen molar-refractivity contribution in [3.63, 3.8) is 0 Å². The average Bonchev–Trinajstić information content (AvgIpc) is 3.53. The summed E-state index contributed by atoms with van der Waals surface area (Å²) in [6, 6.07) is 3.70. The molecule has 0 spiro atoms. The third-order valence-electron chi connectivity index (χ3n) is 7.14. The molecule has 9 nitrogen and oxygen atoms in total. The first kappa shape index (κ1) is 22.4. The number of allylic oxidation sites excluding steroid dienone is 1. The zero-order valence-electron chi connectivity index (χ0n) is 19.6. The lowest BCUT2D eigenvalue weighted by atomic mass is 9.90. The van der Waals surface area contributed by atoms with E-state index in [1.54, 1.807) is 27.7 Å². The second kappa shape index (κ2) is 9.87. The van der Waals surface area contributed by atoms with Gasteiger partial charge in [0.1, 0.15) is 6.21 Å². The molecule has 2 N–H and O–H groups in total. The summed E-state index contributed by atoms with van der Waals surface area (Å²) in [4.78, 5) is 30.0. The predicted molar refractivity (Wildman–Crippen MR) is 128 cm³/mol. The molecule has 2 aromatic heterocycles. The van der Waals surface area contributed by atoms with Crippen molar-refractivity contribution in [3.05, 3.63) is 41.5 Å². The molecular weight excluding hydrogens is 430 g/mol. The van der Waals surface area contributed by atoms with E-state index < -0.39 is 0 Å².